The van der Waals surface area contributed by atoms with Gasteiger partial charge >= 0.3 is 5.97 Å². The van der Waals surface area contributed by atoms with Crippen molar-refractivity contribution in [1.82, 2.24) is 5.32 Å². The van der Waals surface area contributed by atoms with Crippen LogP contribution in [-0.4, -0.2) is 34.7 Å². The zero-order chi connectivity index (χ0) is 14.3. The molecule has 0 radical (unpaired) electrons. The Morgan fingerprint density at radius 2 is 2.05 bits per heavy atom. The molecule has 3 N–H and O–H groups in total. The fourth-order valence-corrected chi connectivity index (χ4v) is 1.29. The number of aliphatic hydroxyl groups is 1. The number of carboxylic acids is 1. The maximum atomic E-state index is 13.2. The van der Waals surface area contributed by atoms with Crippen LogP contribution >= 0.6 is 0 Å². The maximum Gasteiger partial charge on any atom is 0.332 e. The summed E-state index contributed by atoms with van der Waals surface area (Å²) in [6.45, 7) is 0.0217. The average molecular weight is 267 g/mol. The van der Waals surface area contributed by atoms with Crippen molar-refractivity contribution in [2.45, 2.75) is 12.5 Å². The fraction of sp³-hybridized carbons (Fsp3) is 0.231. The molecule has 0 bridgehead atoms. The zero-order valence-electron chi connectivity index (χ0n) is 10.0. The van der Waals surface area contributed by atoms with Crippen molar-refractivity contribution >= 4 is 18.0 Å². The first-order valence-corrected chi connectivity index (χ1v) is 5.62. The summed E-state index contributed by atoms with van der Waals surface area (Å²) >= 11 is 0. The van der Waals surface area contributed by atoms with Crippen molar-refractivity contribution < 1.29 is 24.2 Å². The summed E-state index contributed by atoms with van der Waals surface area (Å²) in [5, 5.41) is 19.8. The lowest BCUT2D eigenvalue weighted by molar-refractivity contribution is -0.147. The molecule has 0 aliphatic heterocycles. The number of halogens is 1. The van der Waals surface area contributed by atoms with Crippen LogP contribution in [0.5, 0.6) is 0 Å². The number of amides is 1. The van der Waals surface area contributed by atoms with Gasteiger partial charge in [-0.15, -0.1) is 0 Å². The van der Waals surface area contributed by atoms with E-state index in [1.54, 1.807) is 12.1 Å². The van der Waals surface area contributed by atoms with E-state index in [0.29, 0.717) is 0 Å². The van der Waals surface area contributed by atoms with E-state index < -0.39 is 23.8 Å². The molecule has 0 fully saturated rings. The van der Waals surface area contributed by atoms with E-state index >= 15 is 0 Å². The molecule has 19 heavy (non-hydrogen) atoms. The summed E-state index contributed by atoms with van der Waals surface area (Å²) in [6, 6.07) is 5.98. The van der Waals surface area contributed by atoms with E-state index in [9.17, 15) is 14.0 Å². The number of carboxylic acid groups (broad SMARTS) is 1. The summed E-state index contributed by atoms with van der Waals surface area (Å²) in [6.07, 6.45) is 0.870. The van der Waals surface area contributed by atoms with Gasteiger partial charge < -0.3 is 15.5 Å². The molecule has 102 valence electrons. The number of nitrogens with one attached hydrogen (secondary N) is 1. The van der Waals surface area contributed by atoms with Gasteiger partial charge in [-0.3, -0.25) is 4.79 Å². The second kappa shape index (κ2) is 7.27. The van der Waals surface area contributed by atoms with Gasteiger partial charge in [0.1, 0.15) is 5.82 Å². The Labute approximate surface area is 109 Å². The topological polar surface area (TPSA) is 86.6 Å². The van der Waals surface area contributed by atoms with E-state index in [1.807, 2.05) is 0 Å². The van der Waals surface area contributed by atoms with Crippen LogP contribution in [0.15, 0.2) is 30.3 Å². The van der Waals surface area contributed by atoms with E-state index in [0.717, 1.165) is 6.08 Å². The van der Waals surface area contributed by atoms with Crippen molar-refractivity contribution in [3.63, 3.8) is 0 Å². The lowest BCUT2D eigenvalue weighted by Gasteiger charge is -2.05. The highest BCUT2D eigenvalue weighted by Gasteiger charge is 2.12. The first-order chi connectivity index (χ1) is 9.00. The van der Waals surface area contributed by atoms with Crippen LogP contribution in [0, 0.1) is 5.82 Å². The highest BCUT2D eigenvalue weighted by molar-refractivity contribution is 5.91. The number of carbonyl (C=O) groups excluding carboxylic acids is 1. The van der Waals surface area contributed by atoms with Gasteiger partial charge in [-0.25, -0.2) is 9.18 Å². The molecule has 5 nitrogen and oxygen atoms in total. The first kappa shape index (κ1) is 14.8. The van der Waals surface area contributed by atoms with Crippen molar-refractivity contribution in [3.05, 3.63) is 41.7 Å². The molecule has 1 amide bonds. The third-order valence-electron chi connectivity index (χ3n) is 2.32. The molecule has 0 aromatic heterocycles. The van der Waals surface area contributed by atoms with Crippen molar-refractivity contribution in [2.24, 2.45) is 0 Å². The summed E-state index contributed by atoms with van der Waals surface area (Å²) in [5.41, 5.74) is 0.281. The number of hydrogen-bond donors (Lipinski definition) is 3. The van der Waals surface area contributed by atoms with Gasteiger partial charge in [0.2, 0.25) is 5.91 Å². The Bertz CT molecular complexity index is 487. The molecule has 0 saturated carbocycles. The quantitative estimate of drug-likeness (QED) is 0.665. The fourth-order valence-electron chi connectivity index (χ4n) is 1.29. The van der Waals surface area contributed by atoms with Crippen LogP contribution in [0.4, 0.5) is 4.39 Å². The Balaban J connectivity index is 2.40. The molecule has 0 aliphatic rings. The highest BCUT2D eigenvalue weighted by Crippen LogP contribution is 2.07. The molecule has 1 unspecified atom stereocenters. The van der Waals surface area contributed by atoms with Crippen LogP contribution in [0.2, 0.25) is 0 Å². The van der Waals surface area contributed by atoms with Gasteiger partial charge in [-0.2, -0.15) is 0 Å². The summed E-state index contributed by atoms with van der Waals surface area (Å²) in [7, 11) is 0. The van der Waals surface area contributed by atoms with E-state index in [1.165, 1.54) is 18.2 Å². The maximum absolute atomic E-state index is 13.2. The molecule has 0 heterocycles. The minimum Gasteiger partial charge on any atom is -0.479 e. The normalized spacial score (nSPS) is 12.3. The number of carbonyl (C=O) groups is 2. The van der Waals surface area contributed by atoms with Crippen molar-refractivity contribution in [2.75, 3.05) is 6.54 Å². The summed E-state index contributed by atoms with van der Waals surface area (Å²) < 4.78 is 13.2. The van der Waals surface area contributed by atoms with E-state index in [4.69, 9.17) is 10.2 Å². The largest absolute Gasteiger partial charge is 0.479 e. The highest BCUT2D eigenvalue weighted by atomic mass is 19.1. The Hall–Kier alpha value is -2.21. The smallest absolute Gasteiger partial charge is 0.332 e. The predicted octanol–water partition coefficient (Wildman–Crippen LogP) is 0.791. The Morgan fingerprint density at radius 1 is 1.37 bits per heavy atom. The van der Waals surface area contributed by atoms with Gasteiger partial charge in [0.15, 0.2) is 6.10 Å². The Kier molecular flexibility index (Phi) is 5.69. The second-order valence-corrected chi connectivity index (χ2v) is 3.79. The van der Waals surface area contributed by atoms with Crippen LogP contribution in [0.1, 0.15) is 12.0 Å². The lowest BCUT2D eigenvalue weighted by atomic mass is 10.2. The molecule has 6 heteroatoms. The van der Waals surface area contributed by atoms with Crippen LogP contribution < -0.4 is 5.32 Å². The monoisotopic (exact) mass is 267 g/mol. The molecular weight excluding hydrogens is 253 g/mol. The minimum absolute atomic E-state index is 0.0217. The number of benzene rings is 1. The molecule has 1 aromatic rings. The third kappa shape index (κ3) is 5.31. The van der Waals surface area contributed by atoms with Gasteiger partial charge in [-0.05, 0) is 12.1 Å². The number of rotatable bonds is 6. The van der Waals surface area contributed by atoms with Gasteiger partial charge in [0, 0.05) is 24.6 Å². The molecule has 1 rings (SSSR count). The van der Waals surface area contributed by atoms with E-state index in [-0.39, 0.29) is 18.5 Å². The zero-order valence-corrected chi connectivity index (χ0v) is 10.0. The molecule has 0 spiro atoms. The van der Waals surface area contributed by atoms with Gasteiger partial charge in [-0.1, -0.05) is 18.2 Å². The van der Waals surface area contributed by atoms with Gasteiger partial charge in [0.05, 0.1) is 0 Å². The van der Waals surface area contributed by atoms with E-state index in [2.05, 4.69) is 5.32 Å². The molecule has 0 aliphatic carbocycles. The van der Waals surface area contributed by atoms with Crippen LogP contribution in [-0.2, 0) is 9.59 Å². The second-order valence-electron chi connectivity index (χ2n) is 3.79. The average Bonchev–Trinajstić information content (AvgIpc) is 2.37. The Morgan fingerprint density at radius 3 is 2.68 bits per heavy atom. The van der Waals surface area contributed by atoms with Crippen molar-refractivity contribution in [3.8, 4) is 0 Å². The van der Waals surface area contributed by atoms with Crippen LogP contribution in [0.25, 0.3) is 6.08 Å². The molecule has 1 atom stereocenters. The lowest BCUT2D eigenvalue weighted by Crippen LogP contribution is -2.28. The number of hydrogen-bond acceptors (Lipinski definition) is 3. The minimum atomic E-state index is -1.50. The summed E-state index contributed by atoms with van der Waals surface area (Å²) in [4.78, 5) is 21.6. The predicted molar refractivity (Wildman–Crippen MR) is 66.7 cm³/mol. The van der Waals surface area contributed by atoms with Crippen molar-refractivity contribution in [1.29, 1.82) is 0 Å². The standard InChI is InChI=1S/C13H14FNO4/c14-10-4-2-1-3-9(10)5-6-12(17)15-8-7-11(16)13(18)19/h1-6,11,16H,7-8H2,(H,15,17)(H,18,19)/b6-5+. The molecular formula is C13H14FNO4. The molecule has 1 aromatic carbocycles. The SMILES string of the molecule is O=C(/C=C/c1ccccc1F)NCCC(O)C(=O)O. The number of aliphatic hydroxyl groups excluding tert-OH is 1. The molecule has 0 saturated heterocycles. The van der Waals surface area contributed by atoms with Gasteiger partial charge in [0.25, 0.3) is 0 Å². The van der Waals surface area contributed by atoms with Crippen LogP contribution in [0.3, 0.4) is 0 Å². The summed E-state index contributed by atoms with van der Waals surface area (Å²) in [5.74, 6) is -2.26. The third-order valence-corrected chi connectivity index (χ3v) is 2.32. The number of aliphatic carboxylic acids is 1. The first-order valence-electron chi connectivity index (χ1n) is 5.62.